The lowest BCUT2D eigenvalue weighted by atomic mass is 10.2. The van der Waals surface area contributed by atoms with Gasteiger partial charge >= 0.3 is 5.97 Å². The summed E-state index contributed by atoms with van der Waals surface area (Å²) in [5.41, 5.74) is 1.03. The van der Waals surface area contributed by atoms with Gasteiger partial charge in [-0.1, -0.05) is 17.3 Å². The zero-order valence-corrected chi connectivity index (χ0v) is 13.0. The van der Waals surface area contributed by atoms with E-state index in [1.807, 2.05) is 24.3 Å². The summed E-state index contributed by atoms with van der Waals surface area (Å²) in [5, 5.41) is 10.2. The van der Waals surface area contributed by atoms with Crippen LogP contribution in [-0.2, 0) is 22.6 Å². The molecule has 2 aromatic rings. The van der Waals surface area contributed by atoms with E-state index >= 15 is 0 Å². The number of nitrogens with zero attached hydrogens (tertiary/aromatic N) is 3. The predicted molar refractivity (Wildman–Crippen MR) is 80.8 cm³/mol. The van der Waals surface area contributed by atoms with Crippen LogP contribution in [0.2, 0.25) is 0 Å². The molecule has 23 heavy (non-hydrogen) atoms. The van der Waals surface area contributed by atoms with E-state index in [1.54, 1.807) is 14.0 Å². The number of amides is 1. The van der Waals surface area contributed by atoms with Gasteiger partial charge in [0.15, 0.2) is 5.69 Å². The molecule has 0 aliphatic rings. The Morgan fingerprint density at radius 1 is 1.26 bits per heavy atom. The van der Waals surface area contributed by atoms with Crippen LogP contribution in [0.15, 0.2) is 30.5 Å². The van der Waals surface area contributed by atoms with E-state index in [0.29, 0.717) is 6.54 Å². The second kappa shape index (κ2) is 7.92. The molecule has 122 valence electrons. The topological polar surface area (TPSA) is 95.3 Å². The predicted octanol–water partition coefficient (Wildman–Crippen LogP) is 0.780. The highest BCUT2D eigenvalue weighted by Gasteiger charge is 2.13. The van der Waals surface area contributed by atoms with E-state index in [9.17, 15) is 9.59 Å². The first-order valence-electron chi connectivity index (χ1n) is 7.09. The van der Waals surface area contributed by atoms with E-state index in [1.165, 1.54) is 10.9 Å². The first-order valence-corrected chi connectivity index (χ1v) is 7.09. The van der Waals surface area contributed by atoms with E-state index in [4.69, 9.17) is 9.47 Å². The Balaban J connectivity index is 1.83. The van der Waals surface area contributed by atoms with Gasteiger partial charge < -0.3 is 14.8 Å². The maximum atomic E-state index is 11.9. The van der Waals surface area contributed by atoms with Gasteiger partial charge in [0.2, 0.25) is 5.91 Å². The van der Waals surface area contributed by atoms with Crippen LogP contribution >= 0.6 is 0 Å². The molecule has 8 nitrogen and oxygen atoms in total. The van der Waals surface area contributed by atoms with Crippen molar-refractivity contribution in [3.63, 3.8) is 0 Å². The average Bonchev–Trinajstić information content (AvgIpc) is 3.02. The van der Waals surface area contributed by atoms with Gasteiger partial charge in [-0.25, -0.2) is 9.48 Å². The van der Waals surface area contributed by atoms with Gasteiger partial charge in [0.05, 0.1) is 19.9 Å². The molecule has 0 spiro atoms. The fourth-order valence-electron chi connectivity index (χ4n) is 1.82. The Morgan fingerprint density at radius 3 is 2.65 bits per heavy atom. The van der Waals surface area contributed by atoms with Crippen molar-refractivity contribution < 1.29 is 19.1 Å². The maximum Gasteiger partial charge on any atom is 0.360 e. The number of benzene rings is 1. The van der Waals surface area contributed by atoms with Gasteiger partial charge in [0.1, 0.15) is 12.3 Å². The van der Waals surface area contributed by atoms with E-state index in [-0.39, 0.29) is 24.8 Å². The highest BCUT2D eigenvalue weighted by molar-refractivity contribution is 5.86. The molecule has 0 atom stereocenters. The van der Waals surface area contributed by atoms with Gasteiger partial charge in [-0.3, -0.25) is 4.79 Å². The van der Waals surface area contributed by atoms with Gasteiger partial charge in [0, 0.05) is 6.54 Å². The van der Waals surface area contributed by atoms with Crippen molar-refractivity contribution in [2.75, 3.05) is 13.7 Å². The van der Waals surface area contributed by atoms with Crippen molar-refractivity contribution in [2.24, 2.45) is 0 Å². The van der Waals surface area contributed by atoms with Gasteiger partial charge in [-0.15, -0.1) is 5.10 Å². The molecule has 1 amide bonds. The molecular weight excluding hydrogens is 300 g/mol. The first-order chi connectivity index (χ1) is 11.1. The molecule has 1 aromatic carbocycles. The lowest BCUT2D eigenvalue weighted by molar-refractivity contribution is -0.122. The van der Waals surface area contributed by atoms with Crippen molar-refractivity contribution in [2.45, 2.75) is 20.0 Å². The molecule has 0 aliphatic carbocycles. The van der Waals surface area contributed by atoms with Crippen molar-refractivity contribution in [1.29, 1.82) is 0 Å². The molecular formula is C15H18N4O4. The van der Waals surface area contributed by atoms with E-state index in [0.717, 1.165) is 11.3 Å². The lowest BCUT2D eigenvalue weighted by Gasteiger charge is -2.06. The summed E-state index contributed by atoms with van der Waals surface area (Å²) in [6, 6.07) is 7.38. The number of hydrogen-bond donors (Lipinski definition) is 1. The summed E-state index contributed by atoms with van der Waals surface area (Å²) in [4.78, 5) is 23.3. The van der Waals surface area contributed by atoms with Crippen LogP contribution < -0.4 is 10.1 Å². The number of hydrogen-bond acceptors (Lipinski definition) is 6. The zero-order chi connectivity index (χ0) is 16.7. The monoisotopic (exact) mass is 318 g/mol. The Labute approximate surface area is 133 Å². The third kappa shape index (κ3) is 4.80. The van der Waals surface area contributed by atoms with Gasteiger partial charge in [-0.05, 0) is 24.6 Å². The number of methoxy groups -OCH3 is 1. The van der Waals surface area contributed by atoms with Crippen LogP contribution in [0.1, 0.15) is 23.0 Å². The summed E-state index contributed by atoms with van der Waals surface area (Å²) in [5.74, 6) is -0.0345. The van der Waals surface area contributed by atoms with Crippen molar-refractivity contribution >= 4 is 11.9 Å². The van der Waals surface area contributed by atoms with Gasteiger partial charge in [-0.2, -0.15) is 0 Å². The summed E-state index contributed by atoms with van der Waals surface area (Å²) in [6.45, 7) is 2.33. The standard InChI is InChI=1S/C15H18N4O4/c1-3-23-15(21)13-9-19(18-17-13)10-14(20)16-8-11-4-6-12(22-2)7-5-11/h4-7,9H,3,8,10H2,1-2H3,(H,16,20). The SMILES string of the molecule is CCOC(=O)c1cn(CC(=O)NCc2ccc(OC)cc2)nn1. The average molecular weight is 318 g/mol. The minimum atomic E-state index is -0.558. The second-order valence-electron chi connectivity index (χ2n) is 4.65. The summed E-state index contributed by atoms with van der Waals surface area (Å²) in [6.07, 6.45) is 1.38. The van der Waals surface area contributed by atoms with Crippen LogP contribution in [0.3, 0.4) is 0 Å². The normalized spacial score (nSPS) is 10.2. The zero-order valence-electron chi connectivity index (χ0n) is 13.0. The molecule has 0 saturated heterocycles. The Hall–Kier alpha value is -2.90. The first kappa shape index (κ1) is 16.5. The van der Waals surface area contributed by atoms with Crippen LogP contribution in [0.25, 0.3) is 0 Å². The number of carbonyl (C=O) groups excluding carboxylic acids is 2. The summed E-state index contributed by atoms with van der Waals surface area (Å²) >= 11 is 0. The molecule has 0 aliphatic heterocycles. The Kier molecular flexibility index (Phi) is 5.67. The maximum absolute atomic E-state index is 11.9. The molecule has 0 unspecified atom stereocenters. The third-order valence-electron chi connectivity index (χ3n) is 2.98. The molecule has 0 fully saturated rings. The molecule has 8 heteroatoms. The second-order valence-corrected chi connectivity index (χ2v) is 4.65. The quantitative estimate of drug-likeness (QED) is 0.758. The summed E-state index contributed by atoms with van der Waals surface area (Å²) < 4.78 is 11.2. The Bertz CT molecular complexity index is 666. The molecule has 1 aromatic heterocycles. The van der Waals surface area contributed by atoms with Crippen LogP contribution in [0.4, 0.5) is 0 Å². The number of ether oxygens (including phenoxy) is 2. The molecule has 1 heterocycles. The number of esters is 1. The number of carbonyl (C=O) groups is 2. The highest BCUT2D eigenvalue weighted by atomic mass is 16.5. The lowest BCUT2D eigenvalue weighted by Crippen LogP contribution is -2.27. The van der Waals surface area contributed by atoms with Crippen molar-refractivity contribution in [3.05, 3.63) is 41.7 Å². The fourth-order valence-corrected chi connectivity index (χ4v) is 1.82. The fraction of sp³-hybridized carbons (Fsp3) is 0.333. The minimum Gasteiger partial charge on any atom is -0.497 e. The van der Waals surface area contributed by atoms with Crippen LogP contribution in [0, 0.1) is 0 Å². The third-order valence-corrected chi connectivity index (χ3v) is 2.98. The molecule has 2 rings (SSSR count). The van der Waals surface area contributed by atoms with Crippen LogP contribution in [0.5, 0.6) is 5.75 Å². The molecule has 0 saturated carbocycles. The van der Waals surface area contributed by atoms with Gasteiger partial charge in [0.25, 0.3) is 0 Å². The Morgan fingerprint density at radius 2 is 2.00 bits per heavy atom. The number of rotatable bonds is 7. The van der Waals surface area contributed by atoms with E-state index in [2.05, 4.69) is 15.6 Å². The van der Waals surface area contributed by atoms with E-state index < -0.39 is 5.97 Å². The van der Waals surface area contributed by atoms with Crippen LogP contribution in [-0.4, -0.2) is 40.6 Å². The molecule has 0 radical (unpaired) electrons. The summed E-state index contributed by atoms with van der Waals surface area (Å²) in [7, 11) is 1.60. The van der Waals surface area contributed by atoms with Crippen molar-refractivity contribution in [1.82, 2.24) is 20.3 Å². The number of nitrogens with one attached hydrogen (secondary N) is 1. The highest BCUT2D eigenvalue weighted by Crippen LogP contribution is 2.10. The molecule has 1 N–H and O–H groups in total. The minimum absolute atomic E-state index is 0.0252. The smallest absolute Gasteiger partial charge is 0.360 e. The largest absolute Gasteiger partial charge is 0.497 e. The van der Waals surface area contributed by atoms with Crippen molar-refractivity contribution in [3.8, 4) is 5.75 Å². The number of aromatic nitrogens is 3. The molecule has 0 bridgehead atoms.